The lowest BCUT2D eigenvalue weighted by Crippen LogP contribution is -2.46. The first-order valence-corrected chi connectivity index (χ1v) is 17.4. The van der Waals surface area contributed by atoms with Gasteiger partial charge in [-0.3, -0.25) is 9.59 Å². The molecule has 0 radical (unpaired) electrons. The molecule has 0 aromatic heterocycles. The molecule has 2 fully saturated rings. The number of allylic oxidation sites excluding steroid dienone is 3. The number of carbonyl (C=O) groups is 2. The Labute approximate surface area is 234 Å². The lowest BCUT2D eigenvalue weighted by atomic mass is 9.82. The molecule has 0 saturated carbocycles. The molecule has 2 amide bonds. The topological polar surface area (TPSA) is 90.3 Å². The van der Waals surface area contributed by atoms with E-state index in [0.29, 0.717) is 13.1 Å². The van der Waals surface area contributed by atoms with E-state index in [9.17, 15) is 19.5 Å². The fourth-order valence-electron chi connectivity index (χ4n) is 6.99. The fourth-order valence-corrected chi connectivity index (χ4v) is 9.55. The molecular weight excluding hydrogens is 508 g/mol. The molecule has 214 valence electrons. The van der Waals surface area contributed by atoms with Crippen molar-refractivity contribution < 1.29 is 24.2 Å². The molecule has 4 rings (SSSR count). The molecule has 2 N–H and O–H groups in total. The molecule has 3 aliphatic rings. The number of benzene rings is 1. The molecule has 3 heterocycles. The molecule has 0 unspecified atom stereocenters. The van der Waals surface area contributed by atoms with Crippen LogP contribution in [0.3, 0.4) is 0 Å². The second kappa shape index (κ2) is 11.7. The minimum absolute atomic E-state index is 0.0522. The second-order valence-electron chi connectivity index (χ2n) is 12.4. The Hall–Kier alpha value is -2.26. The summed E-state index contributed by atoms with van der Waals surface area (Å²) in [5.74, 6) is -0.484. The van der Waals surface area contributed by atoms with Gasteiger partial charge in [0.25, 0.3) is 5.91 Å². The van der Waals surface area contributed by atoms with Crippen LogP contribution < -0.4 is 4.90 Å². The zero-order chi connectivity index (χ0) is 28.5. The van der Waals surface area contributed by atoms with Crippen molar-refractivity contribution in [1.29, 1.82) is 0 Å². The Morgan fingerprint density at radius 2 is 1.92 bits per heavy atom. The van der Waals surface area contributed by atoms with E-state index in [4.69, 9.17) is 4.74 Å². The van der Waals surface area contributed by atoms with Crippen molar-refractivity contribution in [2.75, 3.05) is 24.6 Å². The monoisotopic (exact) mass is 554 g/mol. The van der Waals surface area contributed by atoms with Gasteiger partial charge in [0.15, 0.2) is 13.9 Å². The Morgan fingerprint density at radius 1 is 1.21 bits per heavy atom. The molecule has 2 saturated heterocycles. The summed E-state index contributed by atoms with van der Waals surface area (Å²) < 4.78 is 6.77. The Bertz CT molecular complexity index is 1140. The fraction of sp³-hybridized carbons (Fsp3) is 0.613. The van der Waals surface area contributed by atoms with Gasteiger partial charge in [-0.1, -0.05) is 48.4 Å². The van der Waals surface area contributed by atoms with Crippen molar-refractivity contribution in [3.8, 4) is 0 Å². The second-order valence-corrected chi connectivity index (χ2v) is 16.4. The van der Waals surface area contributed by atoms with Gasteiger partial charge in [0.05, 0.1) is 30.9 Å². The molecule has 7 nitrogen and oxygen atoms in total. The highest BCUT2D eigenvalue weighted by Gasteiger charge is 2.66. The van der Waals surface area contributed by atoms with Gasteiger partial charge in [-0.15, -0.1) is 0 Å². The smallest absolute Gasteiger partial charge is 0.264 e. The minimum Gasteiger partial charge on any atom is -0.432 e. The van der Waals surface area contributed by atoms with Crippen LogP contribution in [0, 0.1) is 5.92 Å². The summed E-state index contributed by atoms with van der Waals surface area (Å²) >= 11 is 0. The number of carbonyl (C=O) groups excluding carboxylic acids is 2. The van der Waals surface area contributed by atoms with Crippen molar-refractivity contribution in [1.82, 2.24) is 4.90 Å². The van der Waals surface area contributed by atoms with Gasteiger partial charge in [0, 0.05) is 30.1 Å². The van der Waals surface area contributed by atoms with Crippen LogP contribution in [0.5, 0.6) is 0 Å². The molecule has 1 spiro atoms. The summed E-state index contributed by atoms with van der Waals surface area (Å²) in [5.41, 5.74) is 2.67. The van der Waals surface area contributed by atoms with Gasteiger partial charge >= 0.3 is 0 Å². The van der Waals surface area contributed by atoms with E-state index in [1.165, 1.54) is 11.1 Å². The van der Waals surface area contributed by atoms with Crippen LogP contribution in [0.15, 0.2) is 47.6 Å². The minimum atomic E-state index is -2.84. The molecule has 1 aromatic rings. The number of hydrogen-bond donors (Lipinski definition) is 2. The molecule has 1 aromatic carbocycles. The van der Waals surface area contributed by atoms with Gasteiger partial charge in [0.1, 0.15) is 0 Å². The van der Waals surface area contributed by atoms with E-state index in [0.717, 1.165) is 36.9 Å². The van der Waals surface area contributed by atoms with Gasteiger partial charge in [-0.05, 0) is 65.6 Å². The lowest BCUT2D eigenvalue weighted by Gasteiger charge is -2.32. The predicted molar refractivity (Wildman–Crippen MR) is 157 cm³/mol. The number of likely N-dealkylation sites (tertiary alicyclic amines) is 1. The summed E-state index contributed by atoms with van der Waals surface area (Å²) in [7, 11) is -2.84. The lowest BCUT2D eigenvalue weighted by molar-refractivity contribution is -0.149. The molecule has 0 bridgehead atoms. The van der Waals surface area contributed by atoms with Crippen LogP contribution in [0.2, 0.25) is 18.6 Å². The zero-order valence-electron chi connectivity index (χ0n) is 24.4. The number of fused-ring (bicyclic) bond motifs is 2. The third-order valence-corrected chi connectivity index (χ3v) is 11.4. The number of anilines is 1. The van der Waals surface area contributed by atoms with Crippen LogP contribution in [0.25, 0.3) is 0 Å². The number of amides is 2. The quantitative estimate of drug-likeness (QED) is 0.335. The third-order valence-electron chi connectivity index (χ3n) is 8.89. The van der Waals surface area contributed by atoms with Gasteiger partial charge in [-0.2, -0.15) is 0 Å². The van der Waals surface area contributed by atoms with E-state index in [2.05, 4.69) is 32.9 Å². The van der Waals surface area contributed by atoms with Crippen LogP contribution in [-0.2, 0) is 19.9 Å². The highest BCUT2D eigenvalue weighted by Crippen LogP contribution is 2.59. The van der Waals surface area contributed by atoms with Gasteiger partial charge in [-0.25, -0.2) is 0 Å². The zero-order valence-corrected chi connectivity index (χ0v) is 25.4. The van der Waals surface area contributed by atoms with Crippen LogP contribution >= 0.6 is 0 Å². The summed E-state index contributed by atoms with van der Waals surface area (Å²) in [6, 6.07) is 7.63. The number of hydrogen-bond acceptors (Lipinski definition) is 5. The summed E-state index contributed by atoms with van der Waals surface area (Å²) in [6.45, 7) is 13.1. The highest BCUT2D eigenvalue weighted by molar-refractivity contribution is 6.71. The number of ether oxygens (including phenoxy) is 1. The Morgan fingerprint density at radius 3 is 2.59 bits per heavy atom. The Balaban J connectivity index is 1.64. The number of nitrogens with zero attached hydrogens (tertiary/aromatic N) is 2. The van der Waals surface area contributed by atoms with E-state index < -0.39 is 20.0 Å². The average Bonchev–Trinajstić information content (AvgIpc) is 3.52. The average molecular weight is 555 g/mol. The van der Waals surface area contributed by atoms with E-state index in [1.54, 1.807) is 4.90 Å². The van der Waals surface area contributed by atoms with Crippen molar-refractivity contribution >= 4 is 25.8 Å². The van der Waals surface area contributed by atoms with Crippen LogP contribution in [-0.4, -0.2) is 66.8 Å². The maximum absolute atomic E-state index is 14.3. The SMILES string of the molecule is CC(C)=CCC/C(C)=C/CN1C(=O)[C@@]2(O[C@@H](CC(=O)N3CCC[C@H]3CO)[C@H]([Si](C)(C)O)[C@H]2C)c2ccccc21. The molecular formula is C31H46N2O5Si. The van der Waals surface area contributed by atoms with E-state index >= 15 is 0 Å². The first-order valence-electron chi connectivity index (χ1n) is 14.4. The van der Waals surface area contributed by atoms with Crippen molar-refractivity contribution in [3.63, 3.8) is 0 Å². The normalized spacial score (nSPS) is 28.9. The number of rotatable bonds is 9. The first kappa shape index (κ1) is 29.7. The van der Waals surface area contributed by atoms with Gasteiger partial charge in [0.2, 0.25) is 5.91 Å². The maximum Gasteiger partial charge on any atom is 0.264 e. The van der Waals surface area contributed by atoms with E-state index in [1.807, 2.05) is 49.2 Å². The highest BCUT2D eigenvalue weighted by atomic mass is 28.4. The molecule has 39 heavy (non-hydrogen) atoms. The largest absolute Gasteiger partial charge is 0.432 e. The van der Waals surface area contributed by atoms with Gasteiger partial charge < -0.3 is 24.4 Å². The third kappa shape index (κ3) is 5.66. The summed E-state index contributed by atoms with van der Waals surface area (Å²) in [6.07, 6.45) is 7.45. The van der Waals surface area contributed by atoms with Crippen molar-refractivity contribution in [2.24, 2.45) is 5.92 Å². The van der Waals surface area contributed by atoms with Crippen molar-refractivity contribution in [2.45, 2.75) is 96.2 Å². The van der Waals surface area contributed by atoms with Crippen LogP contribution in [0.1, 0.15) is 65.4 Å². The van der Waals surface area contributed by atoms with Crippen molar-refractivity contribution in [3.05, 3.63) is 53.1 Å². The number of aliphatic hydroxyl groups is 1. The summed E-state index contributed by atoms with van der Waals surface area (Å²) in [4.78, 5) is 42.7. The predicted octanol–water partition coefficient (Wildman–Crippen LogP) is 4.90. The Kier molecular flexibility index (Phi) is 8.91. The maximum atomic E-state index is 14.3. The molecule has 0 aliphatic carbocycles. The molecule has 8 heteroatoms. The molecule has 3 aliphatic heterocycles. The first-order chi connectivity index (χ1) is 18.4. The van der Waals surface area contributed by atoms with Crippen LogP contribution in [0.4, 0.5) is 5.69 Å². The number of aliphatic hydroxyl groups excluding tert-OH is 1. The van der Waals surface area contributed by atoms with E-state index in [-0.39, 0.29) is 42.3 Å². The standard InChI is InChI=1S/C31H46N2O5Si/c1-21(2)11-9-12-22(3)16-18-33-26-15-8-7-14-25(26)31(30(33)36)23(4)29(39(5,6)37)27(38-31)19-28(35)32-17-10-13-24(32)20-34/h7-8,11,14-16,23-24,27,29,34,37H,9-10,12-13,17-20H2,1-6H3/b22-16+/t23-,24+,27+,29-,31+/m1/s1. The molecule has 5 atom stereocenters. The summed E-state index contributed by atoms with van der Waals surface area (Å²) in [5, 5.41) is 9.76. The number of para-hydroxylation sites is 1.